The molecule has 0 bridgehead atoms. The summed E-state index contributed by atoms with van der Waals surface area (Å²) in [5, 5.41) is 2.34. The quantitative estimate of drug-likeness (QED) is 0.637. The van der Waals surface area contributed by atoms with E-state index in [-0.39, 0.29) is 10.8 Å². The molecule has 0 saturated heterocycles. The Morgan fingerprint density at radius 1 is 0.600 bits per heavy atom. The molecule has 4 nitrogen and oxygen atoms in total. The second-order valence-corrected chi connectivity index (χ2v) is 5.80. The van der Waals surface area contributed by atoms with Crippen LogP contribution in [0.2, 0.25) is 0 Å². The van der Waals surface area contributed by atoms with Crippen LogP contribution in [0.1, 0.15) is 0 Å². The number of hydrogen-bond acceptors (Lipinski definition) is 2. The van der Waals surface area contributed by atoms with Crippen LogP contribution in [0, 0.1) is 0 Å². The topological polar surface area (TPSA) is 58.2 Å². The lowest BCUT2D eigenvalue weighted by Gasteiger charge is -2.22. The van der Waals surface area contributed by atoms with Gasteiger partial charge in [-0.05, 0) is 22.9 Å². The average molecular weight is 450 g/mol. The fraction of sp³-hybridized carbons (Fsp3) is 0.250. The van der Waals surface area contributed by atoms with Crippen LogP contribution in [0.4, 0.5) is 55.3 Å². The Morgan fingerprint density at radius 3 is 1.17 bits per heavy atom. The molecule has 0 heterocycles. The monoisotopic (exact) mass is 450 g/mol. The molecule has 2 aromatic rings. The third kappa shape index (κ3) is 4.26. The summed E-state index contributed by atoms with van der Waals surface area (Å²) in [5.41, 5.74) is -2.12. The zero-order valence-electron chi connectivity index (χ0n) is 14.1. The molecule has 2 amide bonds. The van der Waals surface area contributed by atoms with Crippen LogP contribution < -0.4 is 10.6 Å². The lowest BCUT2D eigenvalue weighted by molar-refractivity contribution is -0.267. The van der Waals surface area contributed by atoms with E-state index in [9.17, 15) is 53.5 Å². The Morgan fingerprint density at radius 2 is 0.900 bits per heavy atom. The van der Waals surface area contributed by atoms with E-state index in [0.717, 1.165) is 10.6 Å². The Bertz CT molecular complexity index is 904. The number of rotatable bonds is 4. The van der Waals surface area contributed by atoms with E-state index in [4.69, 9.17) is 0 Å². The van der Waals surface area contributed by atoms with E-state index < -0.39 is 47.4 Å². The van der Waals surface area contributed by atoms with E-state index >= 15 is 0 Å². The SMILES string of the molecule is O=C(Nc1cc2ccccc2cc1NC(=O)C(F)(F)C(F)(F)F)C(F)(F)C(F)(F)F. The Hall–Kier alpha value is -3.06. The number of anilines is 2. The molecule has 2 rings (SSSR count). The van der Waals surface area contributed by atoms with E-state index in [1.807, 2.05) is 0 Å². The second kappa shape index (κ2) is 7.32. The maximum Gasteiger partial charge on any atom is 0.463 e. The number of carbonyl (C=O) groups is 2. The van der Waals surface area contributed by atoms with Gasteiger partial charge in [0, 0.05) is 0 Å². The summed E-state index contributed by atoms with van der Waals surface area (Å²) < 4.78 is 127. The highest BCUT2D eigenvalue weighted by molar-refractivity contribution is 6.07. The first-order chi connectivity index (χ1) is 13.5. The minimum atomic E-state index is -6.32. The molecule has 164 valence electrons. The molecule has 0 aliphatic rings. The summed E-state index contributed by atoms with van der Waals surface area (Å²) in [4.78, 5) is 22.8. The largest absolute Gasteiger partial charge is 0.463 e. The average Bonchev–Trinajstić information content (AvgIpc) is 2.59. The van der Waals surface area contributed by atoms with Gasteiger partial charge in [-0.1, -0.05) is 24.3 Å². The van der Waals surface area contributed by atoms with E-state index in [0.29, 0.717) is 12.1 Å². The Labute approximate surface area is 159 Å². The molecular weight excluding hydrogens is 442 g/mol. The van der Waals surface area contributed by atoms with E-state index in [2.05, 4.69) is 0 Å². The van der Waals surface area contributed by atoms with Gasteiger partial charge in [0.2, 0.25) is 0 Å². The number of carbonyl (C=O) groups excluding carboxylic acids is 2. The maximum atomic E-state index is 13.2. The van der Waals surface area contributed by atoms with Gasteiger partial charge < -0.3 is 10.6 Å². The lowest BCUT2D eigenvalue weighted by atomic mass is 10.1. The molecule has 14 heteroatoms. The van der Waals surface area contributed by atoms with Crippen molar-refractivity contribution in [3.8, 4) is 0 Å². The van der Waals surface area contributed by atoms with Crippen LogP contribution in [0.3, 0.4) is 0 Å². The molecule has 0 aliphatic carbocycles. The molecule has 0 radical (unpaired) electrons. The first kappa shape index (κ1) is 23.2. The molecule has 2 N–H and O–H groups in total. The zero-order valence-corrected chi connectivity index (χ0v) is 14.1. The summed E-state index contributed by atoms with van der Waals surface area (Å²) in [6.45, 7) is 0. The zero-order chi connectivity index (χ0) is 23.1. The van der Waals surface area contributed by atoms with Gasteiger partial charge in [-0.2, -0.15) is 43.9 Å². The van der Waals surface area contributed by atoms with Crippen LogP contribution in [0.25, 0.3) is 10.8 Å². The highest BCUT2D eigenvalue weighted by Gasteiger charge is 2.64. The molecule has 0 fully saturated rings. The van der Waals surface area contributed by atoms with Gasteiger partial charge >= 0.3 is 36.0 Å². The minimum absolute atomic E-state index is 0.0729. The van der Waals surface area contributed by atoms with Gasteiger partial charge in [-0.25, -0.2) is 0 Å². The van der Waals surface area contributed by atoms with Crippen molar-refractivity contribution in [1.29, 1.82) is 0 Å². The third-order valence-corrected chi connectivity index (χ3v) is 3.66. The maximum absolute atomic E-state index is 13.2. The summed E-state index contributed by atoms with van der Waals surface area (Å²) in [7, 11) is 0. The Balaban J connectivity index is 2.51. The highest BCUT2D eigenvalue weighted by Crippen LogP contribution is 2.39. The highest BCUT2D eigenvalue weighted by atomic mass is 19.4. The van der Waals surface area contributed by atoms with Gasteiger partial charge in [0.15, 0.2) is 0 Å². The van der Waals surface area contributed by atoms with Crippen LogP contribution >= 0.6 is 0 Å². The van der Waals surface area contributed by atoms with Gasteiger partial charge in [0.1, 0.15) is 0 Å². The van der Waals surface area contributed by atoms with Crippen LogP contribution in [-0.2, 0) is 9.59 Å². The van der Waals surface area contributed by atoms with Crippen molar-refractivity contribution < 1.29 is 53.5 Å². The molecule has 0 unspecified atom stereocenters. The van der Waals surface area contributed by atoms with Gasteiger partial charge in [0.05, 0.1) is 11.4 Å². The van der Waals surface area contributed by atoms with Gasteiger partial charge in [-0.15, -0.1) is 0 Å². The van der Waals surface area contributed by atoms with Gasteiger partial charge in [0.25, 0.3) is 0 Å². The van der Waals surface area contributed by atoms with Crippen molar-refractivity contribution in [3.05, 3.63) is 36.4 Å². The number of amides is 2. The fourth-order valence-corrected chi connectivity index (χ4v) is 2.11. The number of fused-ring (bicyclic) bond motifs is 1. The van der Waals surface area contributed by atoms with Crippen molar-refractivity contribution >= 4 is 34.0 Å². The molecule has 0 aliphatic heterocycles. The van der Waals surface area contributed by atoms with Crippen molar-refractivity contribution in [3.63, 3.8) is 0 Å². The van der Waals surface area contributed by atoms with Crippen molar-refractivity contribution in [1.82, 2.24) is 0 Å². The van der Waals surface area contributed by atoms with Crippen molar-refractivity contribution in [2.75, 3.05) is 10.6 Å². The Kier molecular flexibility index (Phi) is 5.67. The first-order valence-electron chi connectivity index (χ1n) is 7.53. The molecule has 2 aromatic carbocycles. The predicted octanol–water partition coefficient (Wildman–Crippen LogP) is 5.11. The second-order valence-electron chi connectivity index (χ2n) is 5.80. The molecule has 0 saturated carbocycles. The molecule has 0 atom stereocenters. The van der Waals surface area contributed by atoms with Crippen LogP contribution in [-0.4, -0.2) is 36.0 Å². The summed E-state index contributed by atoms with van der Waals surface area (Å²) >= 11 is 0. The summed E-state index contributed by atoms with van der Waals surface area (Å²) in [6.07, 6.45) is -12.6. The van der Waals surface area contributed by atoms with Gasteiger partial charge in [-0.3, -0.25) is 9.59 Å². The van der Waals surface area contributed by atoms with Crippen molar-refractivity contribution in [2.45, 2.75) is 24.2 Å². The standard InChI is InChI=1S/C16H8F10N2O2/c17-13(18,15(21,22)23)11(29)27-9-5-7-3-1-2-4-8(7)6-10(9)28-12(30)14(19,20)16(24,25)26/h1-6H,(H,27,29)(H,28,30). The first-order valence-corrected chi connectivity index (χ1v) is 7.53. The summed E-state index contributed by atoms with van der Waals surface area (Å²) in [5.74, 6) is -17.7. The van der Waals surface area contributed by atoms with E-state index in [1.54, 1.807) is 0 Å². The predicted molar refractivity (Wildman–Crippen MR) is 83.2 cm³/mol. The number of hydrogen-bond donors (Lipinski definition) is 2. The molecule has 0 spiro atoms. The van der Waals surface area contributed by atoms with Crippen LogP contribution in [0.5, 0.6) is 0 Å². The molecule has 30 heavy (non-hydrogen) atoms. The third-order valence-electron chi connectivity index (χ3n) is 3.66. The number of nitrogens with one attached hydrogen (secondary N) is 2. The smallest absolute Gasteiger partial charge is 0.319 e. The van der Waals surface area contributed by atoms with Crippen LogP contribution in [0.15, 0.2) is 36.4 Å². The number of benzene rings is 2. The summed E-state index contributed by atoms with van der Waals surface area (Å²) in [6, 6.07) is 6.69. The molecular formula is C16H8F10N2O2. The number of alkyl halides is 10. The minimum Gasteiger partial charge on any atom is -0.319 e. The molecule has 0 aromatic heterocycles. The van der Waals surface area contributed by atoms with E-state index in [1.165, 1.54) is 24.3 Å². The number of halogens is 10. The lowest BCUT2D eigenvalue weighted by Crippen LogP contribution is -2.48. The fourth-order valence-electron chi connectivity index (χ4n) is 2.11. The van der Waals surface area contributed by atoms with Crippen molar-refractivity contribution in [2.24, 2.45) is 0 Å². The normalized spacial score (nSPS) is 13.3.